The summed E-state index contributed by atoms with van der Waals surface area (Å²) in [6, 6.07) is 58.7. The first-order valence-electron chi connectivity index (χ1n) is 34.2. The average molecular weight is 1220 g/mol. The van der Waals surface area contributed by atoms with E-state index in [0.29, 0.717) is 0 Å². The van der Waals surface area contributed by atoms with Crippen LogP contribution in [-0.2, 0) is 47.8 Å². The van der Waals surface area contributed by atoms with E-state index < -0.39 is 0 Å². The van der Waals surface area contributed by atoms with Crippen LogP contribution in [0.2, 0.25) is 11.8 Å². The highest BCUT2D eigenvalue weighted by atomic mass is 35.5. The molecule has 2 nitrogen and oxygen atoms in total. The molecular weight excluding hydrogens is 1110 g/mol. The second-order valence-electron chi connectivity index (χ2n) is 24.2. The van der Waals surface area contributed by atoms with E-state index in [1.165, 1.54) is 105 Å². The van der Waals surface area contributed by atoms with Crippen molar-refractivity contribution in [2.75, 3.05) is 0 Å². The predicted octanol–water partition coefficient (Wildman–Crippen LogP) is 25.2. The van der Waals surface area contributed by atoms with Crippen molar-refractivity contribution in [3.8, 4) is 44.5 Å². The summed E-state index contributed by atoms with van der Waals surface area (Å²) in [5.41, 5.74) is 36.9. The number of hydrogen-bond donors (Lipinski definition) is 0. The van der Waals surface area contributed by atoms with Crippen molar-refractivity contribution in [2.24, 2.45) is 0 Å². The minimum absolute atomic E-state index is 0.0648. The molecular formula is C86H104BClO2. The molecule has 1 fully saturated rings. The van der Waals surface area contributed by atoms with E-state index in [9.17, 15) is 0 Å². The summed E-state index contributed by atoms with van der Waals surface area (Å²) < 4.78 is 11.1. The summed E-state index contributed by atoms with van der Waals surface area (Å²) in [5.74, 6) is 0. The summed E-state index contributed by atoms with van der Waals surface area (Å²) in [7, 11) is -0.0648. The molecule has 1 heterocycles. The Hall–Kier alpha value is -7.01. The second-order valence-corrected chi connectivity index (χ2v) is 24.7. The third-order valence-electron chi connectivity index (χ3n) is 17.9. The third kappa shape index (κ3) is 14.1. The van der Waals surface area contributed by atoms with Crippen LogP contribution >= 0.6 is 11.6 Å². The monoisotopic (exact) mass is 1210 g/mol. The average Bonchev–Trinajstić information content (AvgIpc) is 1.56. The number of aryl methyl sites for hydroxylation is 5. The molecule has 17 rings (SSSR count). The molecule has 0 unspecified atom stereocenters. The molecule has 0 atom stereocenters. The Labute approximate surface area is 550 Å². The molecule has 10 aromatic rings. The van der Waals surface area contributed by atoms with Gasteiger partial charge in [0.25, 0.3) is 0 Å². The van der Waals surface area contributed by atoms with E-state index >= 15 is 0 Å². The van der Waals surface area contributed by atoms with Gasteiger partial charge in [0, 0.05) is 5.02 Å². The van der Waals surface area contributed by atoms with Crippen LogP contribution in [0.4, 0.5) is 0 Å². The van der Waals surface area contributed by atoms with E-state index in [1.807, 2.05) is 116 Å². The summed E-state index contributed by atoms with van der Waals surface area (Å²) >= 11 is 5.75. The molecule has 0 spiro atoms. The lowest BCUT2D eigenvalue weighted by Crippen LogP contribution is -2.41. The molecule has 0 N–H and O–H groups in total. The normalized spacial score (nSPS) is 13.7. The molecule has 0 amide bonds. The van der Waals surface area contributed by atoms with E-state index in [4.69, 9.17) is 20.9 Å². The van der Waals surface area contributed by atoms with Crippen LogP contribution in [0, 0.1) is 34.6 Å². The first kappa shape index (κ1) is 70.5. The van der Waals surface area contributed by atoms with Crippen LogP contribution in [0.1, 0.15) is 205 Å². The number of hydrogen-bond acceptors (Lipinski definition) is 2. The molecule has 470 valence electrons. The van der Waals surface area contributed by atoms with Crippen molar-refractivity contribution in [3.05, 3.63) is 257 Å². The fraction of sp³-hybridized carbons (Fsp3) is 0.349. The maximum atomic E-state index is 5.75. The Morgan fingerprint density at radius 1 is 0.300 bits per heavy atom. The van der Waals surface area contributed by atoms with Crippen LogP contribution < -0.4 is 0 Å². The van der Waals surface area contributed by atoms with Crippen LogP contribution in [0.15, 0.2) is 158 Å². The molecule has 0 bridgehead atoms. The van der Waals surface area contributed by atoms with Gasteiger partial charge in [0.2, 0.25) is 0 Å². The molecule has 0 aromatic heterocycles. The van der Waals surface area contributed by atoms with Gasteiger partial charge in [-0.25, -0.2) is 0 Å². The van der Waals surface area contributed by atoms with Crippen molar-refractivity contribution < 1.29 is 9.31 Å². The standard InChI is InChI=1S/2C25H16.C9H12.C8H9Cl.C7H15BO2.6C2H6/c2*1-2-7-20-14(4-1)10-19-12-18-9-8-17-11-15-5-3-6-16-13-21(20)23(19)25(18)24(17)22(15)16;1-7-4-8(2)6-9(3)5-7;1-6-3-7(2)5-8(9)4-6;1-6(2)7(3,4)10-8(5)9-6;6*1-2/h2*1-10H,11-13H2;4-6H,1-3H3;3-5H,1-2H3;1-5H3;6*1-2H3. The molecule has 6 aliphatic carbocycles. The highest BCUT2D eigenvalue weighted by Crippen LogP contribution is 2.57. The van der Waals surface area contributed by atoms with E-state index in [2.05, 4.69) is 194 Å². The Morgan fingerprint density at radius 3 is 0.867 bits per heavy atom. The van der Waals surface area contributed by atoms with Gasteiger partial charge in [-0.2, -0.15) is 0 Å². The number of benzene rings is 10. The maximum Gasteiger partial charge on any atom is 0.454 e. The first-order valence-corrected chi connectivity index (χ1v) is 34.6. The highest BCUT2D eigenvalue weighted by molar-refractivity contribution is 6.43. The Balaban J connectivity index is 0.000000164. The van der Waals surface area contributed by atoms with Crippen LogP contribution in [-0.4, -0.2) is 18.3 Å². The van der Waals surface area contributed by atoms with Crippen molar-refractivity contribution in [1.82, 2.24) is 0 Å². The molecule has 0 radical (unpaired) electrons. The quantitative estimate of drug-likeness (QED) is 0.141. The van der Waals surface area contributed by atoms with Gasteiger partial charge >= 0.3 is 7.12 Å². The zero-order chi connectivity index (χ0) is 65.9. The topological polar surface area (TPSA) is 18.5 Å². The SMILES string of the molecule is CB1OC(C)(C)C(C)(C)O1.CC.CC.CC.CC.CC.CC.Cc1cc(C)cc(C)c1.Cc1cc(C)cc(Cl)c1.c1cc2c3c(c1)Cc1c4c(cc5ccccc15)Cc1ccc(c-3c1-4)C2.c1cc2c3c(c1)Cc1c4c(cc5ccccc15)Cc1ccc(c-3c1-4)C2. The minimum Gasteiger partial charge on any atom is -0.403 e. The first-order chi connectivity index (χ1) is 43.5. The van der Waals surface area contributed by atoms with Crippen molar-refractivity contribution in [3.63, 3.8) is 0 Å². The van der Waals surface area contributed by atoms with E-state index in [-0.39, 0.29) is 18.3 Å². The van der Waals surface area contributed by atoms with Gasteiger partial charge in [0.1, 0.15) is 0 Å². The lowest BCUT2D eigenvalue weighted by Gasteiger charge is -2.32. The van der Waals surface area contributed by atoms with Crippen LogP contribution in [0.3, 0.4) is 0 Å². The summed E-state index contributed by atoms with van der Waals surface area (Å²) in [6.07, 6.45) is 6.50. The van der Waals surface area contributed by atoms with Gasteiger partial charge in [0.05, 0.1) is 11.2 Å². The van der Waals surface area contributed by atoms with Crippen LogP contribution in [0.5, 0.6) is 0 Å². The minimum atomic E-state index is -0.160. The number of halogens is 1. The fourth-order valence-corrected chi connectivity index (χ4v) is 14.7. The van der Waals surface area contributed by atoms with Crippen molar-refractivity contribution in [2.45, 2.75) is 202 Å². The molecule has 0 saturated carbocycles. The molecule has 90 heavy (non-hydrogen) atoms. The summed E-state index contributed by atoms with van der Waals surface area (Å²) in [5, 5.41) is 6.48. The van der Waals surface area contributed by atoms with Gasteiger partial charge in [-0.15, -0.1) is 0 Å². The van der Waals surface area contributed by atoms with E-state index in [0.717, 1.165) is 43.5 Å². The molecule has 7 aliphatic rings. The fourth-order valence-electron chi connectivity index (χ4n) is 14.3. The van der Waals surface area contributed by atoms with Crippen LogP contribution in [0.25, 0.3) is 66.1 Å². The maximum absolute atomic E-state index is 5.75. The predicted molar refractivity (Wildman–Crippen MR) is 398 cm³/mol. The molecule has 4 heteroatoms. The lowest BCUT2D eigenvalue weighted by molar-refractivity contribution is 0.00578. The smallest absolute Gasteiger partial charge is 0.403 e. The van der Waals surface area contributed by atoms with E-state index in [1.54, 1.807) is 55.6 Å². The highest BCUT2D eigenvalue weighted by Gasteiger charge is 2.49. The van der Waals surface area contributed by atoms with Crippen molar-refractivity contribution >= 4 is 40.3 Å². The van der Waals surface area contributed by atoms with Gasteiger partial charge in [-0.05, 0) is 264 Å². The summed E-state index contributed by atoms with van der Waals surface area (Å²) in [6.45, 7) is 44.6. The Bertz CT molecular complexity index is 3770. The van der Waals surface area contributed by atoms with Gasteiger partial charge in [-0.1, -0.05) is 257 Å². The van der Waals surface area contributed by atoms with Gasteiger partial charge in [-0.3, -0.25) is 0 Å². The lowest BCUT2D eigenvalue weighted by atomic mass is 9.90. The largest absolute Gasteiger partial charge is 0.454 e. The van der Waals surface area contributed by atoms with Crippen molar-refractivity contribution in [1.29, 1.82) is 0 Å². The van der Waals surface area contributed by atoms with Gasteiger partial charge in [0.15, 0.2) is 0 Å². The Kier molecular flexibility index (Phi) is 24.2. The number of fused-ring (bicyclic) bond motifs is 4. The Morgan fingerprint density at radius 2 is 0.567 bits per heavy atom. The molecule has 10 aromatic carbocycles. The zero-order valence-electron chi connectivity index (χ0n) is 59.0. The molecule has 1 saturated heterocycles. The second kappa shape index (κ2) is 30.9. The number of rotatable bonds is 0. The third-order valence-corrected chi connectivity index (χ3v) is 18.1. The molecule has 1 aliphatic heterocycles. The zero-order valence-corrected chi connectivity index (χ0v) is 59.8. The summed E-state index contributed by atoms with van der Waals surface area (Å²) in [4.78, 5) is 0. The van der Waals surface area contributed by atoms with Gasteiger partial charge < -0.3 is 9.31 Å².